The van der Waals surface area contributed by atoms with Crippen LogP contribution in [0.5, 0.6) is 23.0 Å². The summed E-state index contributed by atoms with van der Waals surface area (Å²) in [6, 6.07) is 10.4. The Morgan fingerprint density at radius 1 is 1.00 bits per heavy atom. The summed E-state index contributed by atoms with van der Waals surface area (Å²) in [6.45, 7) is 1.94. The van der Waals surface area contributed by atoms with Crippen molar-refractivity contribution in [1.29, 1.82) is 0 Å². The lowest BCUT2D eigenvalue weighted by atomic mass is 10.1. The second-order valence-corrected chi connectivity index (χ2v) is 5.86. The van der Waals surface area contributed by atoms with Gasteiger partial charge in [-0.15, -0.1) is 0 Å². The molecule has 0 aliphatic heterocycles. The number of carbonyl (C=O) groups is 1. The Hall–Kier alpha value is -2.60. The molecule has 1 N–H and O–H groups in total. The summed E-state index contributed by atoms with van der Waals surface area (Å²) in [5.74, 6) is 1.86. The zero-order valence-corrected chi connectivity index (χ0v) is 15.9. The van der Waals surface area contributed by atoms with Crippen molar-refractivity contribution in [2.45, 2.75) is 19.6 Å². The van der Waals surface area contributed by atoms with Gasteiger partial charge in [0.25, 0.3) is 5.91 Å². The Kier molecular flexibility index (Phi) is 6.97. The summed E-state index contributed by atoms with van der Waals surface area (Å²) >= 11 is 5.84. The van der Waals surface area contributed by atoms with Gasteiger partial charge in [0.1, 0.15) is 5.75 Å². The first-order chi connectivity index (χ1) is 12.5. The summed E-state index contributed by atoms with van der Waals surface area (Å²) in [7, 11) is 4.62. The van der Waals surface area contributed by atoms with E-state index in [-0.39, 0.29) is 12.5 Å². The van der Waals surface area contributed by atoms with E-state index >= 15 is 0 Å². The van der Waals surface area contributed by atoms with Gasteiger partial charge in [0.05, 0.1) is 21.3 Å². The quantitative estimate of drug-likeness (QED) is 0.761. The van der Waals surface area contributed by atoms with E-state index in [0.717, 1.165) is 5.56 Å². The highest BCUT2D eigenvalue weighted by Gasteiger charge is 2.18. The monoisotopic (exact) mass is 379 g/mol. The SMILES string of the molecule is COc1ccc(CNC(=O)C(C)Oc2ccc(Cl)cc2)c(OC)c1OC. The normalized spacial score (nSPS) is 11.4. The Balaban J connectivity index is 2.03. The van der Waals surface area contributed by atoms with Crippen molar-refractivity contribution in [2.75, 3.05) is 21.3 Å². The highest BCUT2D eigenvalue weighted by molar-refractivity contribution is 6.30. The molecular weight excluding hydrogens is 358 g/mol. The maximum atomic E-state index is 12.3. The lowest BCUT2D eigenvalue weighted by Crippen LogP contribution is -2.36. The molecule has 0 saturated heterocycles. The minimum atomic E-state index is -0.665. The summed E-state index contributed by atoms with van der Waals surface area (Å²) in [6.07, 6.45) is -0.665. The molecule has 0 saturated carbocycles. The van der Waals surface area contributed by atoms with Crippen LogP contribution in [-0.4, -0.2) is 33.3 Å². The number of benzene rings is 2. The van der Waals surface area contributed by atoms with Gasteiger partial charge in [-0.2, -0.15) is 0 Å². The second kappa shape index (κ2) is 9.20. The molecule has 0 aliphatic rings. The molecule has 7 heteroatoms. The van der Waals surface area contributed by atoms with Crippen molar-refractivity contribution in [3.8, 4) is 23.0 Å². The smallest absolute Gasteiger partial charge is 0.261 e. The van der Waals surface area contributed by atoms with Crippen LogP contribution in [0.25, 0.3) is 0 Å². The van der Waals surface area contributed by atoms with Gasteiger partial charge >= 0.3 is 0 Å². The average Bonchev–Trinajstić information content (AvgIpc) is 2.66. The van der Waals surface area contributed by atoms with E-state index in [1.807, 2.05) is 6.07 Å². The van der Waals surface area contributed by atoms with E-state index in [0.29, 0.717) is 28.0 Å². The first kappa shape index (κ1) is 19.7. The summed E-state index contributed by atoms with van der Waals surface area (Å²) in [4.78, 5) is 12.3. The topological polar surface area (TPSA) is 66.0 Å². The van der Waals surface area contributed by atoms with Crippen molar-refractivity contribution in [2.24, 2.45) is 0 Å². The highest BCUT2D eigenvalue weighted by Crippen LogP contribution is 2.39. The molecule has 6 nitrogen and oxygen atoms in total. The molecule has 0 aromatic heterocycles. The maximum absolute atomic E-state index is 12.3. The van der Waals surface area contributed by atoms with Gasteiger partial charge in [-0.3, -0.25) is 4.79 Å². The fourth-order valence-electron chi connectivity index (χ4n) is 2.40. The average molecular weight is 380 g/mol. The van der Waals surface area contributed by atoms with E-state index < -0.39 is 6.10 Å². The molecule has 0 radical (unpaired) electrons. The van der Waals surface area contributed by atoms with Crippen LogP contribution >= 0.6 is 11.6 Å². The van der Waals surface area contributed by atoms with E-state index in [9.17, 15) is 4.79 Å². The molecule has 0 aliphatic carbocycles. The van der Waals surface area contributed by atoms with Crippen molar-refractivity contribution >= 4 is 17.5 Å². The number of hydrogen-bond acceptors (Lipinski definition) is 5. The third-order valence-corrected chi connectivity index (χ3v) is 3.99. The lowest BCUT2D eigenvalue weighted by molar-refractivity contribution is -0.127. The molecule has 140 valence electrons. The van der Waals surface area contributed by atoms with Gasteiger partial charge in [0.15, 0.2) is 17.6 Å². The molecular formula is C19H22ClNO5. The van der Waals surface area contributed by atoms with Crippen LogP contribution in [0.1, 0.15) is 12.5 Å². The third-order valence-electron chi connectivity index (χ3n) is 3.73. The number of hydrogen-bond donors (Lipinski definition) is 1. The van der Waals surface area contributed by atoms with Crippen LogP contribution < -0.4 is 24.3 Å². The van der Waals surface area contributed by atoms with Gasteiger partial charge in [-0.1, -0.05) is 11.6 Å². The van der Waals surface area contributed by atoms with Crippen molar-refractivity contribution in [3.63, 3.8) is 0 Å². The Bertz CT molecular complexity index is 748. The van der Waals surface area contributed by atoms with Crippen LogP contribution in [-0.2, 0) is 11.3 Å². The molecule has 1 unspecified atom stereocenters. The first-order valence-electron chi connectivity index (χ1n) is 7.98. The van der Waals surface area contributed by atoms with Crippen molar-refractivity contribution in [1.82, 2.24) is 5.32 Å². The van der Waals surface area contributed by atoms with E-state index in [1.165, 1.54) is 14.2 Å². The summed E-state index contributed by atoms with van der Waals surface area (Å²) in [5.41, 5.74) is 0.761. The molecule has 2 aromatic rings. The highest BCUT2D eigenvalue weighted by atomic mass is 35.5. The summed E-state index contributed by atoms with van der Waals surface area (Å²) in [5, 5.41) is 3.43. The van der Waals surface area contributed by atoms with Crippen LogP contribution in [0.2, 0.25) is 5.02 Å². The predicted octanol–water partition coefficient (Wildman–Crippen LogP) is 3.45. The van der Waals surface area contributed by atoms with Gasteiger partial charge in [0, 0.05) is 17.1 Å². The minimum Gasteiger partial charge on any atom is -0.493 e. The van der Waals surface area contributed by atoms with E-state index in [1.54, 1.807) is 44.4 Å². The zero-order chi connectivity index (χ0) is 19.1. The number of nitrogens with one attached hydrogen (secondary N) is 1. The number of methoxy groups -OCH3 is 3. The van der Waals surface area contributed by atoms with Gasteiger partial charge in [-0.05, 0) is 43.3 Å². The van der Waals surface area contributed by atoms with Gasteiger partial charge < -0.3 is 24.3 Å². The second-order valence-electron chi connectivity index (χ2n) is 5.43. The molecule has 0 fully saturated rings. The van der Waals surface area contributed by atoms with Crippen LogP contribution in [0.15, 0.2) is 36.4 Å². The standard InChI is InChI=1S/C19H22ClNO5/c1-12(26-15-8-6-14(20)7-9-15)19(22)21-11-13-5-10-16(23-2)18(25-4)17(13)24-3/h5-10,12H,11H2,1-4H3,(H,21,22). The summed E-state index contributed by atoms with van der Waals surface area (Å²) < 4.78 is 21.6. The number of carbonyl (C=O) groups excluding carboxylic acids is 1. The molecule has 26 heavy (non-hydrogen) atoms. The Morgan fingerprint density at radius 3 is 2.23 bits per heavy atom. The molecule has 0 spiro atoms. The fraction of sp³-hybridized carbons (Fsp3) is 0.316. The molecule has 0 heterocycles. The minimum absolute atomic E-state index is 0.253. The van der Waals surface area contributed by atoms with Crippen LogP contribution in [0.3, 0.4) is 0 Å². The van der Waals surface area contributed by atoms with Gasteiger partial charge in [0.2, 0.25) is 5.75 Å². The molecule has 2 aromatic carbocycles. The number of halogens is 1. The van der Waals surface area contributed by atoms with Crippen molar-refractivity contribution < 1.29 is 23.7 Å². The predicted molar refractivity (Wildman–Crippen MR) is 99.5 cm³/mol. The number of rotatable bonds is 8. The Morgan fingerprint density at radius 2 is 1.65 bits per heavy atom. The van der Waals surface area contributed by atoms with E-state index in [2.05, 4.69) is 5.32 Å². The van der Waals surface area contributed by atoms with Gasteiger partial charge in [-0.25, -0.2) is 0 Å². The number of ether oxygens (including phenoxy) is 4. The largest absolute Gasteiger partial charge is 0.493 e. The number of amides is 1. The van der Waals surface area contributed by atoms with Crippen molar-refractivity contribution in [3.05, 3.63) is 47.0 Å². The maximum Gasteiger partial charge on any atom is 0.261 e. The first-order valence-corrected chi connectivity index (χ1v) is 8.35. The fourth-order valence-corrected chi connectivity index (χ4v) is 2.53. The lowest BCUT2D eigenvalue weighted by Gasteiger charge is -2.18. The van der Waals surface area contributed by atoms with Crippen LogP contribution in [0.4, 0.5) is 0 Å². The molecule has 2 rings (SSSR count). The van der Waals surface area contributed by atoms with E-state index in [4.69, 9.17) is 30.5 Å². The molecule has 1 amide bonds. The molecule has 0 bridgehead atoms. The van der Waals surface area contributed by atoms with Crippen LogP contribution in [0, 0.1) is 0 Å². The Labute approximate surface area is 158 Å². The third kappa shape index (κ3) is 4.73. The molecule has 1 atom stereocenters. The zero-order valence-electron chi connectivity index (χ0n) is 15.2.